The number of hydrogen-bond donors (Lipinski definition) is 2. The average Bonchev–Trinajstić information content (AvgIpc) is 3.19. The van der Waals surface area contributed by atoms with Gasteiger partial charge in [0, 0.05) is 23.5 Å². The topological polar surface area (TPSA) is 71.4 Å². The minimum atomic E-state index is 0.630. The van der Waals surface area contributed by atoms with Gasteiger partial charge in [-0.25, -0.2) is 0 Å². The predicted octanol–water partition coefficient (Wildman–Crippen LogP) is 1.30. The molecule has 1 fully saturated rings. The van der Waals surface area contributed by atoms with Crippen LogP contribution in [-0.4, -0.2) is 38.3 Å². The van der Waals surface area contributed by atoms with E-state index in [-0.39, 0.29) is 0 Å². The Morgan fingerprint density at radius 3 is 3.15 bits per heavy atom. The lowest BCUT2D eigenvalue weighted by Gasteiger charge is -2.07. The van der Waals surface area contributed by atoms with E-state index in [0.29, 0.717) is 5.92 Å². The molecular weight excluding hydrogens is 252 g/mol. The van der Waals surface area contributed by atoms with E-state index in [9.17, 15) is 0 Å². The highest BCUT2D eigenvalue weighted by Crippen LogP contribution is 2.23. The number of hydrogen-bond acceptors (Lipinski definition) is 4. The highest BCUT2D eigenvalue weighted by atomic mass is 15.5. The third-order valence-corrected chi connectivity index (χ3v) is 3.96. The van der Waals surface area contributed by atoms with Crippen LogP contribution in [0.1, 0.15) is 12.2 Å². The van der Waals surface area contributed by atoms with E-state index in [1.165, 1.54) is 6.42 Å². The second-order valence-corrected chi connectivity index (χ2v) is 5.29. The molecule has 6 nitrogen and oxygen atoms in total. The van der Waals surface area contributed by atoms with Crippen molar-refractivity contribution in [1.82, 2.24) is 30.5 Å². The number of para-hydroxylation sites is 1. The van der Waals surface area contributed by atoms with E-state index in [2.05, 4.69) is 38.0 Å². The van der Waals surface area contributed by atoms with Crippen LogP contribution in [0.2, 0.25) is 0 Å². The van der Waals surface area contributed by atoms with E-state index in [1.807, 2.05) is 23.0 Å². The lowest BCUT2D eigenvalue weighted by atomic mass is 10.0. The first-order valence-corrected chi connectivity index (χ1v) is 6.96. The summed E-state index contributed by atoms with van der Waals surface area (Å²) in [6.07, 6.45) is 4.08. The van der Waals surface area contributed by atoms with E-state index >= 15 is 0 Å². The first-order valence-electron chi connectivity index (χ1n) is 6.96. The third kappa shape index (κ3) is 1.89. The molecule has 6 heteroatoms. The number of fused-ring (bicyclic) bond motifs is 1. The molecule has 0 amide bonds. The Morgan fingerprint density at radius 2 is 2.25 bits per heavy atom. The first kappa shape index (κ1) is 11.6. The molecule has 1 aliphatic heterocycles. The summed E-state index contributed by atoms with van der Waals surface area (Å²) >= 11 is 0. The van der Waals surface area contributed by atoms with Gasteiger partial charge < -0.3 is 10.3 Å². The predicted molar refractivity (Wildman–Crippen MR) is 75.7 cm³/mol. The largest absolute Gasteiger partial charge is 0.359 e. The first-order chi connectivity index (χ1) is 9.92. The number of aromatic nitrogens is 5. The van der Waals surface area contributed by atoms with Crippen molar-refractivity contribution in [2.45, 2.75) is 12.8 Å². The van der Waals surface area contributed by atoms with Gasteiger partial charge in [0.2, 0.25) is 0 Å². The molecule has 20 heavy (non-hydrogen) atoms. The van der Waals surface area contributed by atoms with Crippen LogP contribution in [0.5, 0.6) is 0 Å². The Kier molecular flexibility index (Phi) is 2.74. The molecule has 102 valence electrons. The Labute approximate surface area is 116 Å². The smallest absolute Gasteiger partial charge is 0.157 e. The maximum atomic E-state index is 4.20. The molecule has 0 aliphatic carbocycles. The fourth-order valence-electron chi connectivity index (χ4n) is 2.90. The lowest BCUT2D eigenvalue weighted by Crippen LogP contribution is -2.13. The standard InChI is InChI=1S/C14H16N6/c1-2-4-12-11(3-1)13(9-16-12)20-14(17-18-19-20)7-10-5-6-15-8-10/h1-4,9-10,15-16H,5-8H2. The quantitative estimate of drug-likeness (QED) is 0.751. The van der Waals surface area contributed by atoms with E-state index < -0.39 is 0 Å². The summed E-state index contributed by atoms with van der Waals surface area (Å²) in [6.45, 7) is 2.15. The Bertz CT molecular complexity index is 722. The maximum absolute atomic E-state index is 4.20. The summed E-state index contributed by atoms with van der Waals surface area (Å²) < 4.78 is 1.86. The zero-order valence-corrected chi connectivity index (χ0v) is 11.1. The highest BCUT2D eigenvalue weighted by molar-refractivity contribution is 5.88. The third-order valence-electron chi connectivity index (χ3n) is 3.96. The molecule has 0 radical (unpaired) electrons. The van der Waals surface area contributed by atoms with Crippen molar-refractivity contribution >= 4 is 10.9 Å². The molecule has 0 spiro atoms. The highest BCUT2D eigenvalue weighted by Gasteiger charge is 2.20. The molecule has 1 atom stereocenters. The van der Waals surface area contributed by atoms with Crippen molar-refractivity contribution in [1.29, 1.82) is 0 Å². The van der Waals surface area contributed by atoms with Crippen LogP contribution in [0, 0.1) is 5.92 Å². The molecule has 3 aromatic rings. The number of benzene rings is 1. The lowest BCUT2D eigenvalue weighted by molar-refractivity contribution is 0.552. The van der Waals surface area contributed by atoms with Crippen molar-refractivity contribution in [3.05, 3.63) is 36.3 Å². The van der Waals surface area contributed by atoms with E-state index in [0.717, 1.165) is 41.9 Å². The maximum Gasteiger partial charge on any atom is 0.157 e. The zero-order valence-electron chi connectivity index (χ0n) is 11.1. The molecule has 1 saturated heterocycles. The van der Waals surface area contributed by atoms with Crippen molar-refractivity contribution in [2.75, 3.05) is 13.1 Å². The van der Waals surface area contributed by atoms with Gasteiger partial charge in [0.25, 0.3) is 0 Å². The summed E-state index contributed by atoms with van der Waals surface area (Å²) in [4.78, 5) is 3.27. The van der Waals surface area contributed by atoms with Gasteiger partial charge in [0.05, 0.1) is 5.69 Å². The van der Waals surface area contributed by atoms with Crippen molar-refractivity contribution < 1.29 is 0 Å². The number of tetrazole rings is 1. The molecule has 1 aromatic carbocycles. The number of aromatic amines is 1. The van der Waals surface area contributed by atoms with Crippen LogP contribution in [-0.2, 0) is 6.42 Å². The molecule has 0 bridgehead atoms. The summed E-state index contributed by atoms with van der Waals surface area (Å²) in [5.74, 6) is 1.56. The second kappa shape index (κ2) is 4.72. The van der Waals surface area contributed by atoms with Crippen molar-refractivity contribution in [2.24, 2.45) is 5.92 Å². The van der Waals surface area contributed by atoms with Gasteiger partial charge in [0.15, 0.2) is 5.82 Å². The summed E-state index contributed by atoms with van der Waals surface area (Å²) in [5, 5.41) is 16.8. The minimum absolute atomic E-state index is 0.630. The van der Waals surface area contributed by atoms with Crippen molar-refractivity contribution in [3.8, 4) is 5.69 Å². The van der Waals surface area contributed by atoms with Gasteiger partial charge in [0.1, 0.15) is 0 Å². The minimum Gasteiger partial charge on any atom is -0.359 e. The van der Waals surface area contributed by atoms with Crippen LogP contribution in [0.25, 0.3) is 16.6 Å². The van der Waals surface area contributed by atoms with Gasteiger partial charge in [-0.15, -0.1) is 5.10 Å². The number of rotatable bonds is 3. The molecule has 1 unspecified atom stereocenters. The van der Waals surface area contributed by atoms with Crippen molar-refractivity contribution in [3.63, 3.8) is 0 Å². The van der Waals surface area contributed by atoms with Crippen LogP contribution >= 0.6 is 0 Å². The summed E-state index contributed by atoms with van der Waals surface area (Å²) in [7, 11) is 0. The summed E-state index contributed by atoms with van der Waals surface area (Å²) in [6, 6.07) is 8.20. The molecule has 3 heterocycles. The average molecular weight is 268 g/mol. The molecule has 2 aromatic heterocycles. The van der Waals surface area contributed by atoms with Crippen LogP contribution in [0.4, 0.5) is 0 Å². The van der Waals surface area contributed by atoms with E-state index in [1.54, 1.807) is 0 Å². The molecular formula is C14H16N6. The van der Waals surface area contributed by atoms with Gasteiger partial charge in [-0.1, -0.05) is 18.2 Å². The van der Waals surface area contributed by atoms with Gasteiger partial charge in [-0.05, 0) is 41.9 Å². The monoisotopic (exact) mass is 268 g/mol. The van der Waals surface area contributed by atoms with Gasteiger partial charge in [-0.3, -0.25) is 0 Å². The molecule has 4 rings (SSSR count). The molecule has 1 aliphatic rings. The Balaban J connectivity index is 1.73. The van der Waals surface area contributed by atoms with Crippen LogP contribution in [0.3, 0.4) is 0 Å². The van der Waals surface area contributed by atoms with E-state index in [4.69, 9.17) is 0 Å². The Morgan fingerprint density at radius 1 is 1.30 bits per heavy atom. The Hall–Kier alpha value is -2.21. The fraction of sp³-hybridized carbons (Fsp3) is 0.357. The van der Waals surface area contributed by atoms with Crippen LogP contribution < -0.4 is 5.32 Å². The SMILES string of the molecule is c1ccc2c(-n3nnnc3CC3CCNC3)c[nH]c2c1. The number of nitrogens with zero attached hydrogens (tertiary/aromatic N) is 4. The summed E-state index contributed by atoms with van der Waals surface area (Å²) in [5.41, 5.74) is 2.12. The van der Waals surface area contributed by atoms with Gasteiger partial charge >= 0.3 is 0 Å². The number of H-pyrrole nitrogens is 1. The van der Waals surface area contributed by atoms with Crippen LogP contribution in [0.15, 0.2) is 30.5 Å². The fourth-order valence-corrected chi connectivity index (χ4v) is 2.90. The molecule has 2 N–H and O–H groups in total. The molecule has 0 saturated carbocycles. The van der Waals surface area contributed by atoms with Gasteiger partial charge in [-0.2, -0.15) is 4.68 Å². The number of nitrogens with one attached hydrogen (secondary N) is 2. The zero-order chi connectivity index (χ0) is 13.4. The second-order valence-electron chi connectivity index (χ2n) is 5.29. The normalized spacial score (nSPS) is 18.9.